The number of likely N-dealkylation sites (tertiary alicyclic amines) is 1. The molecule has 3 amide bonds. The predicted octanol–water partition coefficient (Wildman–Crippen LogP) is 12.6. The molecule has 2 N–H and O–H groups in total. The number of nitrogens with zero attached hydrogens (tertiary/aromatic N) is 1. The number of alkyl carbamates (subject to hydrolysis) is 1. The van der Waals surface area contributed by atoms with E-state index in [0.29, 0.717) is 19.8 Å². The minimum atomic E-state index is -1.26. The Balaban J connectivity index is 1.90. The van der Waals surface area contributed by atoms with Gasteiger partial charge in [-0.1, -0.05) is 185 Å². The van der Waals surface area contributed by atoms with Crippen molar-refractivity contribution in [2.75, 3.05) is 39.5 Å². The van der Waals surface area contributed by atoms with Crippen molar-refractivity contribution in [3.8, 4) is 0 Å². The van der Waals surface area contributed by atoms with E-state index in [1.807, 2.05) is 51.1 Å². The lowest BCUT2D eigenvalue weighted by Crippen LogP contribution is -2.64. The Kier molecular flexibility index (Phi) is 30.0. The minimum Gasteiger partial charge on any atom is -0.445 e. The monoisotopic (exact) mass is 844 g/mol. The Morgan fingerprint density at radius 3 is 1.62 bits per heavy atom. The summed E-state index contributed by atoms with van der Waals surface area (Å²) in [4.78, 5) is 41.8. The summed E-state index contributed by atoms with van der Waals surface area (Å²) in [6.45, 7) is 12.5. The quantitative estimate of drug-likeness (QED) is 0.0654. The Morgan fingerprint density at radius 2 is 1.13 bits per heavy atom. The molecule has 1 saturated heterocycles. The molecule has 1 aliphatic heterocycles. The summed E-state index contributed by atoms with van der Waals surface area (Å²) < 4.78 is 23.7. The molecule has 346 valence electrons. The van der Waals surface area contributed by atoms with Gasteiger partial charge < -0.3 is 34.5 Å². The van der Waals surface area contributed by atoms with E-state index in [0.717, 1.165) is 31.2 Å². The van der Waals surface area contributed by atoms with Crippen molar-refractivity contribution in [2.45, 2.75) is 225 Å². The number of amides is 3. The van der Waals surface area contributed by atoms with Crippen molar-refractivity contribution in [3.63, 3.8) is 0 Å². The number of piperidine rings is 1. The number of rotatable bonds is 35. The Labute approximate surface area is 366 Å². The van der Waals surface area contributed by atoms with Gasteiger partial charge in [-0.3, -0.25) is 4.79 Å². The van der Waals surface area contributed by atoms with Gasteiger partial charge in [0.05, 0.1) is 12.7 Å². The van der Waals surface area contributed by atoms with E-state index in [1.165, 1.54) is 128 Å². The first-order valence-electron chi connectivity index (χ1n) is 24.5. The maximum Gasteiger partial charge on any atom is 0.410 e. The lowest BCUT2D eigenvalue weighted by atomic mass is 9.86. The minimum absolute atomic E-state index is 0.0833. The summed E-state index contributed by atoms with van der Waals surface area (Å²) in [7, 11) is 0. The highest BCUT2D eigenvalue weighted by molar-refractivity contribution is 5.90. The second-order valence-electron chi connectivity index (χ2n) is 18.3. The second kappa shape index (κ2) is 33.7. The molecule has 1 heterocycles. The van der Waals surface area contributed by atoms with E-state index < -0.39 is 23.3 Å². The summed E-state index contributed by atoms with van der Waals surface area (Å²) in [6.07, 6.45) is 29.9. The van der Waals surface area contributed by atoms with Crippen LogP contribution < -0.4 is 10.6 Å². The Bertz CT molecular complexity index is 1220. The second-order valence-corrected chi connectivity index (χ2v) is 18.3. The molecule has 1 aromatic carbocycles. The largest absolute Gasteiger partial charge is 0.445 e. The van der Waals surface area contributed by atoms with Crippen molar-refractivity contribution >= 4 is 18.1 Å². The van der Waals surface area contributed by atoms with Crippen molar-refractivity contribution in [1.29, 1.82) is 0 Å². The third-order valence-electron chi connectivity index (χ3n) is 11.5. The number of hydrogen-bond donors (Lipinski definition) is 2. The van der Waals surface area contributed by atoms with Gasteiger partial charge in [0.1, 0.15) is 17.7 Å². The van der Waals surface area contributed by atoms with Crippen LogP contribution in [0, 0.1) is 0 Å². The molecule has 0 aromatic heterocycles. The average Bonchev–Trinajstić information content (AvgIpc) is 3.23. The van der Waals surface area contributed by atoms with Gasteiger partial charge in [-0.2, -0.15) is 0 Å². The van der Waals surface area contributed by atoms with Crippen molar-refractivity contribution in [1.82, 2.24) is 15.5 Å². The zero-order valence-electron chi connectivity index (χ0n) is 39.1. The van der Waals surface area contributed by atoms with Gasteiger partial charge in [-0.15, -0.1) is 0 Å². The smallest absolute Gasteiger partial charge is 0.410 e. The van der Waals surface area contributed by atoms with Crippen LogP contribution in [0.15, 0.2) is 30.3 Å². The standard InChI is InChI=1S/C50H89N3O7/c1-6-8-10-12-14-16-18-20-22-24-26-31-39-57-43-45(58-40-32-27-25-23-21-19-17-15-13-11-9-7-2)41-51-46(54)50(52-47(55)59-42-44-33-29-28-30-34-44)35-37-53(38-36-50)48(56)60-49(3,4)5/h28-30,33-34,45H,6-27,31-32,35-43H2,1-5H3,(H,51,54)(H,52,55). The fraction of sp³-hybridized carbons (Fsp3) is 0.820. The molecular formula is C50H89N3O7. The van der Waals surface area contributed by atoms with Gasteiger partial charge in [0.2, 0.25) is 5.91 Å². The van der Waals surface area contributed by atoms with Crippen LogP contribution in [0.5, 0.6) is 0 Å². The lowest BCUT2D eigenvalue weighted by molar-refractivity contribution is -0.130. The summed E-state index contributed by atoms with van der Waals surface area (Å²) in [5.41, 5.74) is -1.05. The lowest BCUT2D eigenvalue weighted by Gasteiger charge is -2.41. The van der Waals surface area contributed by atoms with Crippen LogP contribution in [-0.2, 0) is 30.3 Å². The molecule has 0 saturated carbocycles. The fourth-order valence-corrected chi connectivity index (χ4v) is 7.76. The molecule has 0 bridgehead atoms. The van der Waals surface area contributed by atoms with Crippen LogP contribution in [0.1, 0.15) is 207 Å². The molecule has 10 heteroatoms. The van der Waals surface area contributed by atoms with Gasteiger partial charge in [-0.25, -0.2) is 9.59 Å². The van der Waals surface area contributed by atoms with Crippen molar-refractivity contribution < 1.29 is 33.3 Å². The molecule has 1 aromatic rings. The number of nitrogens with one attached hydrogen (secondary N) is 2. The Hall–Kier alpha value is -2.85. The van der Waals surface area contributed by atoms with E-state index in [9.17, 15) is 14.4 Å². The van der Waals surface area contributed by atoms with Crippen LogP contribution in [0.3, 0.4) is 0 Å². The van der Waals surface area contributed by atoms with E-state index in [-0.39, 0.29) is 51.1 Å². The maximum absolute atomic E-state index is 14.1. The number of hydrogen-bond acceptors (Lipinski definition) is 7. The van der Waals surface area contributed by atoms with Crippen molar-refractivity contribution in [2.24, 2.45) is 0 Å². The highest BCUT2D eigenvalue weighted by Gasteiger charge is 2.45. The summed E-state index contributed by atoms with van der Waals surface area (Å²) >= 11 is 0. The van der Waals surface area contributed by atoms with E-state index >= 15 is 0 Å². The number of carbonyl (C=O) groups is 3. The maximum atomic E-state index is 14.1. The number of carbonyl (C=O) groups excluding carboxylic acids is 3. The van der Waals surface area contributed by atoms with Gasteiger partial charge >= 0.3 is 12.2 Å². The zero-order valence-corrected chi connectivity index (χ0v) is 39.1. The first kappa shape index (κ1) is 53.3. The van der Waals surface area contributed by atoms with E-state index in [4.69, 9.17) is 18.9 Å². The topological polar surface area (TPSA) is 115 Å². The third-order valence-corrected chi connectivity index (χ3v) is 11.5. The van der Waals surface area contributed by atoms with Crippen molar-refractivity contribution in [3.05, 3.63) is 35.9 Å². The van der Waals surface area contributed by atoms with E-state index in [2.05, 4.69) is 24.5 Å². The predicted molar refractivity (Wildman–Crippen MR) is 245 cm³/mol. The first-order valence-corrected chi connectivity index (χ1v) is 24.5. The normalized spacial score (nSPS) is 14.4. The highest BCUT2D eigenvalue weighted by atomic mass is 16.6. The third kappa shape index (κ3) is 26.5. The average molecular weight is 844 g/mol. The van der Waals surface area contributed by atoms with Crippen LogP contribution in [0.4, 0.5) is 9.59 Å². The number of benzene rings is 1. The van der Waals surface area contributed by atoms with Crippen LogP contribution in [-0.4, -0.2) is 79.7 Å². The molecule has 1 unspecified atom stereocenters. The van der Waals surface area contributed by atoms with Crippen LogP contribution in [0.25, 0.3) is 0 Å². The van der Waals surface area contributed by atoms with Gasteiger partial charge in [0.15, 0.2) is 0 Å². The van der Waals surface area contributed by atoms with Gasteiger partial charge in [-0.05, 0) is 52.0 Å². The fourth-order valence-electron chi connectivity index (χ4n) is 7.76. The molecular weight excluding hydrogens is 755 g/mol. The summed E-state index contributed by atoms with van der Waals surface area (Å²) in [5.74, 6) is -0.317. The first-order chi connectivity index (χ1) is 29.1. The van der Waals surface area contributed by atoms with Gasteiger partial charge in [0, 0.05) is 32.8 Å². The summed E-state index contributed by atoms with van der Waals surface area (Å²) in [6, 6.07) is 9.44. The molecule has 60 heavy (non-hydrogen) atoms. The molecule has 0 aliphatic carbocycles. The van der Waals surface area contributed by atoms with Crippen LogP contribution >= 0.6 is 0 Å². The number of ether oxygens (including phenoxy) is 4. The van der Waals surface area contributed by atoms with Crippen LogP contribution in [0.2, 0.25) is 0 Å². The molecule has 0 radical (unpaired) electrons. The molecule has 0 spiro atoms. The highest BCUT2D eigenvalue weighted by Crippen LogP contribution is 2.25. The SMILES string of the molecule is CCCCCCCCCCCCCCOCC(CNC(=O)C1(NC(=O)OCc2ccccc2)CCN(C(=O)OC(C)(C)C)CC1)OCCCCCCCCCCCCCC. The Morgan fingerprint density at radius 1 is 0.667 bits per heavy atom. The molecule has 10 nitrogen and oxygen atoms in total. The van der Waals surface area contributed by atoms with Gasteiger partial charge in [0.25, 0.3) is 0 Å². The van der Waals surface area contributed by atoms with E-state index in [1.54, 1.807) is 4.90 Å². The zero-order chi connectivity index (χ0) is 43.6. The molecule has 1 atom stereocenters. The number of unbranched alkanes of at least 4 members (excludes halogenated alkanes) is 22. The molecule has 1 fully saturated rings. The molecule has 1 aliphatic rings. The summed E-state index contributed by atoms with van der Waals surface area (Å²) in [5, 5.41) is 6.01. The molecule has 2 rings (SSSR count).